The average molecular weight is 361 g/mol. The van der Waals surface area contributed by atoms with Crippen molar-refractivity contribution in [1.82, 2.24) is 4.90 Å². The second-order valence-corrected chi connectivity index (χ2v) is 7.57. The van der Waals surface area contributed by atoms with Crippen molar-refractivity contribution >= 4 is 33.2 Å². The lowest BCUT2D eigenvalue weighted by molar-refractivity contribution is -0.130. The van der Waals surface area contributed by atoms with E-state index in [1.54, 1.807) is 11.3 Å². The van der Waals surface area contributed by atoms with Gasteiger partial charge in [-0.2, -0.15) is 0 Å². The summed E-state index contributed by atoms with van der Waals surface area (Å²) in [7, 11) is 1.88. The fourth-order valence-electron chi connectivity index (χ4n) is 2.39. The topological polar surface area (TPSA) is 46.3 Å². The third-order valence-corrected chi connectivity index (χ3v) is 5.06. The minimum absolute atomic E-state index is 0.227. The second kappa shape index (κ2) is 9.53. The smallest absolute Gasteiger partial charge is 0.222 e. The van der Waals surface area contributed by atoms with Crippen LogP contribution < -0.4 is 5.73 Å². The third kappa shape index (κ3) is 6.37. The maximum atomic E-state index is 12.2. The predicted octanol–water partition coefficient (Wildman–Crippen LogP) is 4.01. The summed E-state index contributed by atoms with van der Waals surface area (Å²) in [5.41, 5.74) is 6.82. The number of carbonyl (C=O) groups excluding carboxylic acids is 1. The van der Waals surface area contributed by atoms with Crippen molar-refractivity contribution in [2.75, 3.05) is 13.6 Å². The Balaban J connectivity index is 2.36. The van der Waals surface area contributed by atoms with Crippen LogP contribution in [0.2, 0.25) is 0 Å². The molecule has 3 nitrogen and oxygen atoms in total. The quantitative estimate of drug-likeness (QED) is 0.722. The van der Waals surface area contributed by atoms with E-state index in [-0.39, 0.29) is 5.91 Å². The summed E-state index contributed by atoms with van der Waals surface area (Å²) in [5.74, 6) is 0.822. The first-order valence-electron chi connectivity index (χ1n) is 7.23. The van der Waals surface area contributed by atoms with Crippen LogP contribution in [0.5, 0.6) is 0 Å². The average Bonchev–Trinajstić information content (AvgIpc) is 2.81. The maximum Gasteiger partial charge on any atom is 0.222 e. The Morgan fingerprint density at radius 2 is 2.20 bits per heavy atom. The zero-order valence-electron chi connectivity index (χ0n) is 12.4. The van der Waals surface area contributed by atoms with Gasteiger partial charge < -0.3 is 10.6 Å². The number of halogens is 1. The van der Waals surface area contributed by atoms with Gasteiger partial charge in [-0.15, -0.1) is 11.3 Å². The summed E-state index contributed by atoms with van der Waals surface area (Å²) >= 11 is 5.10. The number of nitrogens with two attached hydrogens (primary N) is 1. The van der Waals surface area contributed by atoms with Crippen molar-refractivity contribution in [2.45, 2.75) is 45.6 Å². The van der Waals surface area contributed by atoms with Crippen molar-refractivity contribution in [3.05, 3.63) is 20.8 Å². The number of hydrogen-bond donors (Lipinski definition) is 1. The lowest BCUT2D eigenvalue weighted by Gasteiger charge is -2.19. The lowest BCUT2D eigenvalue weighted by atomic mass is 9.94. The number of rotatable bonds is 9. The summed E-state index contributed by atoms with van der Waals surface area (Å²) in [6.45, 7) is 3.60. The molecule has 114 valence electrons. The molecule has 1 amide bonds. The molecule has 0 saturated heterocycles. The summed E-state index contributed by atoms with van der Waals surface area (Å²) < 4.78 is 1.11. The van der Waals surface area contributed by atoms with E-state index in [2.05, 4.69) is 34.3 Å². The fraction of sp³-hybridized carbons (Fsp3) is 0.667. The first-order valence-corrected chi connectivity index (χ1v) is 8.91. The van der Waals surface area contributed by atoms with E-state index in [0.29, 0.717) is 18.9 Å². The molecule has 0 aliphatic rings. The minimum atomic E-state index is 0.227. The number of amides is 1. The van der Waals surface area contributed by atoms with Crippen LogP contribution in [0.3, 0.4) is 0 Å². The second-order valence-electron chi connectivity index (χ2n) is 5.28. The molecule has 0 saturated carbocycles. The van der Waals surface area contributed by atoms with E-state index >= 15 is 0 Å². The Morgan fingerprint density at radius 1 is 1.45 bits per heavy atom. The number of hydrogen-bond acceptors (Lipinski definition) is 3. The molecule has 0 bridgehead atoms. The molecule has 0 aliphatic heterocycles. The van der Waals surface area contributed by atoms with Crippen molar-refractivity contribution in [3.63, 3.8) is 0 Å². The van der Waals surface area contributed by atoms with Crippen LogP contribution in [-0.4, -0.2) is 24.4 Å². The Morgan fingerprint density at radius 3 is 2.75 bits per heavy atom. The molecule has 1 unspecified atom stereocenters. The van der Waals surface area contributed by atoms with Gasteiger partial charge in [-0.1, -0.05) is 19.8 Å². The van der Waals surface area contributed by atoms with Gasteiger partial charge in [-0.05, 0) is 58.2 Å². The fourth-order valence-corrected chi connectivity index (χ4v) is 3.59. The van der Waals surface area contributed by atoms with Crippen molar-refractivity contribution in [3.8, 4) is 0 Å². The van der Waals surface area contributed by atoms with Gasteiger partial charge >= 0.3 is 0 Å². The van der Waals surface area contributed by atoms with Crippen LogP contribution in [0, 0.1) is 5.92 Å². The van der Waals surface area contributed by atoms with Crippen LogP contribution in [0.15, 0.2) is 15.2 Å². The highest BCUT2D eigenvalue weighted by Crippen LogP contribution is 2.22. The van der Waals surface area contributed by atoms with Gasteiger partial charge in [0.2, 0.25) is 5.91 Å². The van der Waals surface area contributed by atoms with Gasteiger partial charge in [-0.25, -0.2) is 0 Å². The molecule has 1 heterocycles. The highest BCUT2D eigenvalue weighted by molar-refractivity contribution is 9.11. The summed E-state index contributed by atoms with van der Waals surface area (Å²) in [5, 5.41) is 2.09. The van der Waals surface area contributed by atoms with Crippen LogP contribution in [0.1, 0.15) is 44.6 Å². The SMILES string of the molecule is CCCC(CCN)CCC(=O)N(C)Cc1csc(Br)c1. The van der Waals surface area contributed by atoms with E-state index < -0.39 is 0 Å². The summed E-state index contributed by atoms with van der Waals surface area (Å²) in [4.78, 5) is 14.0. The van der Waals surface area contributed by atoms with Crippen LogP contribution in [-0.2, 0) is 11.3 Å². The Hall–Kier alpha value is -0.390. The van der Waals surface area contributed by atoms with Gasteiger partial charge in [-0.3, -0.25) is 4.79 Å². The summed E-state index contributed by atoms with van der Waals surface area (Å²) in [6, 6.07) is 2.07. The lowest BCUT2D eigenvalue weighted by Crippen LogP contribution is -2.26. The van der Waals surface area contributed by atoms with Crippen molar-refractivity contribution in [1.29, 1.82) is 0 Å². The Labute approximate surface area is 134 Å². The normalized spacial score (nSPS) is 12.4. The molecule has 5 heteroatoms. The zero-order chi connectivity index (χ0) is 15.0. The van der Waals surface area contributed by atoms with Gasteiger partial charge in [0, 0.05) is 20.0 Å². The molecule has 0 fully saturated rings. The standard InChI is InChI=1S/C15H25BrN2OS/c1-3-4-12(7-8-17)5-6-15(19)18(2)10-13-9-14(16)20-11-13/h9,11-12H,3-8,10,17H2,1-2H3. The van der Waals surface area contributed by atoms with E-state index in [1.165, 1.54) is 12.0 Å². The molecular weight excluding hydrogens is 336 g/mol. The van der Waals surface area contributed by atoms with Crippen LogP contribution >= 0.6 is 27.3 Å². The van der Waals surface area contributed by atoms with E-state index in [0.717, 1.165) is 29.6 Å². The van der Waals surface area contributed by atoms with E-state index in [4.69, 9.17) is 5.73 Å². The zero-order valence-corrected chi connectivity index (χ0v) is 14.8. The first kappa shape index (κ1) is 17.7. The van der Waals surface area contributed by atoms with Crippen molar-refractivity contribution in [2.24, 2.45) is 11.7 Å². The largest absolute Gasteiger partial charge is 0.341 e. The molecule has 0 spiro atoms. The van der Waals surface area contributed by atoms with Gasteiger partial charge in [0.1, 0.15) is 0 Å². The molecule has 1 atom stereocenters. The van der Waals surface area contributed by atoms with E-state index in [9.17, 15) is 4.79 Å². The predicted molar refractivity (Wildman–Crippen MR) is 89.8 cm³/mol. The number of carbonyl (C=O) groups is 1. The van der Waals surface area contributed by atoms with Gasteiger partial charge in [0.15, 0.2) is 0 Å². The Bertz CT molecular complexity index is 402. The van der Waals surface area contributed by atoms with E-state index in [1.807, 2.05) is 11.9 Å². The van der Waals surface area contributed by atoms with Crippen LogP contribution in [0.4, 0.5) is 0 Å². The molecule has 0 aromatic carbocycles. The highest BCUT2D eigenvalue weighted by Gasteiger charge is 2.14. The molecule has 20 heavy (non-hydrogen) atoms. The number of thiophene rings is 1. The van der Waals surface area contributed by atoms with Crippen molar-refractivity contribution < 1.29 is 4.79 Å². The third-order valence-electron chi connectivity index (χ3n) is 3.51. The monoisotopic (exact) mass is 360 g/mol. The molecule has 2 N–H and O–H groups in total. The van der Waals surface area contributed by atoms with Gasteiger partial charge in [0.05, 0.1) is 3.79 Å². The first-order chi connectivity index (χ1) is 9.56. The highest BCUT2D eigenvalue weighted by atomic mass is 79.9. The molecule has 1 rings (SSSR count). The van der Waals surface area contributed by atoms with Gasteiger partial charge in [0.25, 0.3) is 0 Å². The Kier molecular flexibility index (Phi) is 8.41. The molecule has 0 aliphatic carbocycles. The molecule has 1 aromatic rings. The maximum absolute atomic E-state index is 12.2. The minimum Gasteiger partial charge on any atom is -0.341 e. The molecule has 1 aromatic heterocycles. The summed E-state index contributed by atoms with van der Waals surface area (Å²) in [6.07, 6.45) is 4.96. The molecular formula is C15H25BrN2OS. The molecule has 0 radical (unpaired) electrons. The number of nitrogens with zero attached hydrogens (tertiary/aromatic N) is 1. The van der Waals surface area contributed by atoms with Crippen LogP contribution in [0.25, 0.3) is 0 Å².